The van der Waals surface area contributed by atoms with Crippen LogP contribution in [-0.4, -0.2) is 23.6 Å². The van der Waals surface area contributed by atoms with E-state index in [1.807, 2.05) is 0 Å². The van der Waals surface area contributed by atoms with Gasteiger partial charge in [-0.25, -0.2) is 4.98 Å². The third-order valence-electron chi connectivity index (χ3n) is 2.69. The van der Waals surface area contributed by atoms with Gasteiger partial charge in [0.05, 0.1) is 19.0 Å². The van der Waals surface area contributed by atoms with Crippen LogP contribution in [-0.2, 0) is 0 Å². The number of ether oxygens (including phenoxy) is 1. The fourth-order valence-corrected chi connectivity index (χ4v) is 1.99. The molecule has 0 bridgehead atoms. The van der Waals surface area contributed by atoms with Gasteiger partial charge in [-0.15, -0.1) is 0 Å². The number of anilines is 3. The van der Waals surface area contributed by atoms with Gasteiger partial charge < -0.3 is 15.4 Å². The monoisotopic (exact) mass is 326 g/mol. The molecule has 0 aliphatic heterocycles. The Bertz CT molecular complexity index is 622. The summed E-state index contributed by atoms with van der Waals surface area (Å²) in [6.45, 7) is 2.86. The molecule has 1 aromatic carbocycles. The Morgan fingerprint density at radius 2 is 2.10 bits per heavy atom. The number of methoxy groups -OCH3 is 1. The van der Waals surface area contributed by atoms with Crippen LogP contribution in [0.5, 0.6) is 5.75 Å². The molecule has 0 saturated heterocycles. The summed E-state index contributed by atoms with van der Waals surface area (Å²) in [5.41, 5.74) is 0.687. The topological polar surface area (TPSA) is 59.1 Å². The molecule has 5 nitrogen and oxygen atoms in total. The van der Waals surface area contributed by atoms with Gasteiger partial charge >= 0.3 is 0 Å². The van der Waals surface area contributed by atoms with Gasteiger partial charge in [-0.1, -0.05) is 30.1 Å². The maximum atomic E-state index is 6.13. The largest absolute Gasteiger partial charge is 0.495 e. The number of benzene rings is 1. The van der Waals surface area contributed by atoms with E-state index in [0.717, 1.165) is 13.0 Å². The highest BCUT2D eigenvalue weighted by atomic mass is 35.5. The summed E-state index contributed by atoms with van der Waals surface area (Å²) in [6, 6.07) is 5.27. The van der Waals surface area contributed by atoms with Gasteiger partial charge in [0.2, 0.25) is 5.95 Å². The van der Waals surface area contributed by atoms with Crippen LogP contribution in [0, 0.1) is 0 Å². The van der Waals surface area contributed by atoms with E-state index in [4.69, 9.17) is 27.9 Å². The number of halogens is 2. The summed E-state index contributed by atoms with van der Waals surface area (Å²) < 4.78 is 5.28. The van der Waals surface area contributed by atoms with Crippen LogP contribution in [0.25, 0.3) is 0 Å². The molecule has 0 radical (unpaired) electrons. The van der Waals surface area contributed by atoms with Crippen LogP contribution in [0.2, 0.25) is 10.0 Å². The van der Waals surface area contributed by atoms with Crippen molar-refractivity contribution in [1.29, 1.82) is 0 Å². The van der Waals surface area contributed by atoms with Gasteiger partial charge in [0.25, 0.3) is 0 Å². The van der Waals surface area contributed by atoms with Gasteiger partial charge in [0, 0.05) is 11.6 Å². The van der Waals surface area contributed by atoms with Crippen molar-refractivity contribution >= 4 is 40.7 Å². The Morgan fingerprint density at radius 3 is 2.81 bits per heavy atom. The predicted molar refractivity (Wildman–Crippen MR) is 87.1 cm³/mol. The summed E-state index contributed by atoms with van der Waals surface area (Å²) in [7, 11) is 1.59. The minimum atomic E-state index is 0.416. The number of rotatable bonds is 6. The van der Waals surface area contributed by atoms with Gasteiger partial charge in [-0.3, -0.25) is 0 Å². The Kier molecular flexibility index (Phi) is 5.47. The predicted octanol–water partition coefficient (Wildman–Crippen LogP) is 4.36. The minimum Gasteiger partial charge on any atom is -0.495 e. The van der Waals surface area contributed by atoms with Crippen molar-refractivity contribution in [2.24, 2.45) is 0 Å². The maximum Gasteiger partial charge on any atom is 0.224 e. The molecular formula is C14H16Cl2N4O. The number of nitrogens with one attached hydrogen (secondary N) is 2. The SMILES string of the molecule is CCCNc1ncc(Cl)c(Nc2cc(Cl)ccc2OC)n1. The molecular weight excluding hydrogens is 311 g/mol. The van der Waals surface area contributed by atoms with Crippen molar-refractivity contribution in [1.82, 2.24) is 9.97 Å². The first kappa shape index (κ1) is 15.7. The lowest BCUT2D eigenvalue weighted by molar-refractivity contribution is 0.417. The van der Waals surface area contributed by atoms with Crippen LogP contribution in [0.15, 0.2) is 24.4 Å². The van der Waals surface area contributed by atoms with E-state index in [2.05, 4.69) is 27.5 Å². The molecule has 7 heteroatoms. The highest BCUT2D eigenvalue weighted by Crippen LogP contribution is 2.32. The van der Waals surface area contributed by atoms with Gasteiger partial charge in [0.15, 0.2) is 5.82 Å². The zero-order valence-electron chi connectivity index (χ0n) is 11.8. The maximum absolute atomic E-state index is 6.13. The Morgan fingerprint density at radius 1 is 1.29 bits per heavy atom. The molecule has 21 heavy (non-hydrogen) atoms. The van der Waals surface area contributed by atoms with Crippen LogP contribution in [0.1, 0.15) is 13.3 Å². The normalized spacial score (nSPS) is 10.3. The van der Waals surface area contributed by atoms with Crippen LogP contribution in [0.3, 0.4) is 0 Å². The van der Waals surface area contributed by atoms with Crippen molar-refractivity contribution in [3.05, 3.63) is 34.4 Å². The molecule has 0 saturated carbocycles. The quantitative estimate of drug-likeness (QED) is 0.826. The van der Waals surface area contributed by atoms with Crippen molar-refractivity contribution in [2.75, 3.05) is 24.3 Å². The van der Waals surface area contributed by atoms with Gasteiger partial charge in [-0.2, -0.15) is 4.98 Å². The van der Waals surface area contributed by atoms with Crippen LogP contribution < -0.4 is 15.4 Å². The Balaban J connectivity index is 2.28. The molecule has 0 spiro atoms. The smallest absolute Gasteiger partial charge is 0.224 e. The van der Waals surface area contributed by atoms with Crippen molar-refractivity contribution in [3.63, 3.8) is 0 Å². The molecule has 112 valence electrons. The average molecular weight is 327 g/mol. The fourth-order valence-electron chi connectivity index (χ4n) is 1.68. The fraction of sp³-hybridized carbons (Fsp3) is 0.286. The number of aromatic nitrogens is 2. The molecule has 2 aromatic rings. The molecule has 2 N–H and O–H groups in total. The minimum absolute atomic E-state index is 0.416. The molecule has 0 amide bonds. The van der Waals surface area contributed by atoms with E-state index in [0.29, 0.717) is 33.2 Å². The second-order valence-corrected chi connectivity index (χ2v) is 5.13. The second kappa shape index (κ2) is 7.33. The summed E-state index contributed by atoms with van der Waals surface area (Å²) in [6.07, 6.45) is 2.53. The molecule has 0 aliphatic carbocycles. The lowest BCUT2D eigenvalue weighted by Crippen LogP contribution is -2.06. The molecule has 1 heterocycles. The summed E-state index contributed by atoms with van der Waals surface area (Å²) in [5.74, 6) is 1.66. The van der Waals surface area contributed by atoms with E-state index in [1.54, 1.807) is 31.5 Å². The zero-order valence-corrected chi connectivity index (χ0v) is 13.3. The molecule has 0 fully saturated rings. The van der Waals surface area contributed by atoms with Gasteiger partial charge in [-0.05, 0) is 24.6 Å². The number of hydrogen-bond donors (Lipinski definition) is 2. The number of nitrogens with zero attached hydrogens (tertiary/aromatic N) is 2. The lowest BCUT2D eigenvalue weighted by atomic mass is 10.3. The third-order valence-corrected chi connectivity index (χ3v) is 3.20. The van der Waals surface area contributed by atoms with Gasteiger partial charge in [0.1, 0.15) is 10.8 Å². The average Bonchev–Trinajstić information content (AvgIpc) is 2.48. The highest BCUT2D eigenvalue weighted by molar-refractivity contribution is 6.33. The molecule has 0 unspecified atom stereocenters. The molecule has 2 rings (SSSR count). The van der Waals surface area contributed by atoms with Crippen LogP contribution in [0.4, 0.5) is 17.5 Å². The van der Waals surface area contributed by atoms with Crippen molar-refractivity contribution < 1.29 is 4.74 Å². The van der Waals surface area contributed by atoms with Crippen LogP contribution >= 0.6 is 23.2 Å². The third kappa shape index (κ3) is 4.12. The van der Waals surface area contributed by atoms with E-state index in [1.165, 1.54) is 0 Å². The molecule has 1 aromatic heterocycles. The Labute approximate surface area is 133 Å². The first-order valence-electron chi connectivity index (χ1n) is 6.51. The number of hydrogen-bond acceptors (Lipinski definition) is 5. The van der Waals surface area contributed by atoms with E-state index < -0.39 is 0 Å². The zero-order chi connectivity index (χ0) is 15.2. The second-order valence-electron chi connectivity index (χ2n) is 4.29. The van der Waals surface area contributed by atoms with Crippen molar-refractivity contribution in [2.45, 2.75) is 13.3 Å². The van der Waals surface area contributed by atoms with E-state index >= 15 is 0 Å². The summed E-state index contributed by atoms with van der Waals surface area (Å²) >= 11 is 12.1. The molecule has 0 atom stereocenters. The Hall–Kier alpha value is -1.72. The molecule has 0 aliphatic rings. The standard InChI is InChI=1S/C14H16Cl2N4O/c1-3-6-17-14-18-8-10(16)13(20-14)19-11-7-9(15)4-5-12(11)21-2/h4-5,7-8H,3,6H2,1-2H3,(H2,17,18,19,20). The van der Waals surface area contributed by atoms with E-state index in [-0.39, 0.29) is 0 Å². The summed E-state index contributed by atoms with van der Waals surface area (Å²) in [5, 5.41) is 7.23. The van der Waals surface area contributed by atoms with Crippen molar-refractivity contribution in [3.8, 4) is 5.75 Å². The first-order valence-corrected chi connectivity index (χ1v) is 7.26. The summed E-state index contributed by atoms with van der Waals surface area (Å²) in [4.78, 5) is 8.47. The van der Waals surface area contributed by atoms with E-state index in [9.17, 15) is 0 Å². The highest BCUT2D eigenvalue weighted by Gasteiger charge is 2.09. The lowest BCUT2D eigenvalue weighted by Gasteiger charge is -2.13. The first-order chi connectivity index (χ1) is 10.1.